The lowest BCUT2D eigenvalue weighted by Gasteiger charge is -2.18. The van der Waals surface area contributed by atoms with Crippen LogP contribution in [0.15, 0.2) is 24.4 Å². The number of hydrogen-bond acceptors (Lipinski definition) is 3. The van der Waals surface area contributed by atoms with Gasteiger partial charge in [0.2, 0.25) is 0 Å². The van der Waals surface area contributed by atoms with Crippen molar-refractivity contribution in [1.82, 2.24) is 10.3 Å². The van der Waals surface area contributed by atoms with Gasteiger partial charge in [-0.25, -0.2) is 0 Å². The highest BCUT2D eigenvalue weighted by atomic mass is 16.5. The average molecular weight is 262 g/mol. The molecule has 2 heterocycles. The van der Waals surface area contributed by atoms with E-state index in [0.717, 1.165) is 26.0 Å². The Morgan fingerprint density at radius 2 is 2.42 bits per heavy atom. The van der Waals surface area contributed by atoms with Crippen LogP contribution in [0.3, 0.4) is 0 Å². The molecule has 3 heteroatoms. The number of hydrogen-bond donors (Lipinski definition) is 1. The van der Waals surface area contributed by atoms with Crippen molar-refractivity contribution < 1.29 is 4.74 Å². The quantitative estimate of drug-likeness (QED) is 0.779. The molecular formula is C16H26N2O. The van der Waals surface area contributed by atoms with Gasteiger partial charge < -0.3 is 10.1 Å². The highest BCUT2D eigenvalue weighted by Gasteiger charge is 2.17. The molecular weight excluding hydrogens is 236 g/mol. The second-order valence-corrected chi connectivity index (χ2v) is 5.33. The van der Waals surface area contributed by atoms with Crippen molar-refractivity contribution in [3.8, 4) is 0 Å². The smallest absolute Gasteiger partial charge is 0.0576 e. The average Bonchev–Trinajstić information content (AvgIpc) is 2.97. The van der Waals surface area contributed by atoms with E-state index in [1.807, 2.05) is 12.3 Å². The van der Waals surface area contributed by atoms with Gasteiger partial charge in [-0.3, -0.25) is 4.98 Å². The summed E-state index contributed by atoms with van der Waals surface area (Å²) in [7, 11) is 0. The van der Waals surface area contributed by atoms with Crippen molar-refractivity contribution in [1.29, 1.82) is 0 Å². The van der Waals surface area contributed by atoms with E-state index >= 15 is 0 Å². The number of ether oxygens (including phenoxy) is 1. The second kappa shape index (κ2) is 8.28. The van der Waals surface area contributed by atoms with Crippen LogP contribution in [0.4, 0.5) is 0 Å². The zero-order valence-corrected chi connectivity index (χ0v) is 12.0. The van der Waals surface area contributed by atoms with Crippen LogP contribution in [0, 0.1) is 0 Å². The van der Waals surface area contributed by atoms with Gasteiger partial charge in [-0.1, -0.05) is 13.0 Å². The largest absolute Gasteiger partial charge is 0.378 e. The van der Waals surface area contributed by atoms with Gasteiger partial charge in [0.15, 0.2) is 0 Å². The highest BCUT2D eigenvalue weighted by molar-refractivity contribution is 5.08. The molecule has 0 spiro atoms. The summed E-state index contributed by atoms with van der Waals surface area (Å²) < 4.78 is 5.69. The molecule has 0 saturated carbocycles. The minimum absolute atomic E-state index is 0.391. The van der Waals surface area contributed by atoms with E-state index in [1.165, 1.54) is 31.4 Å². The van der Waals surface area contributed by atoms with Gasteiger partial charge >= 0.3 is 0 Å². The molecule has 2 unspecified atom stereocenters. The van der Waals surface area contributed by atoms with Crippen molar-refractivity contribution >= 4 is 0 Å². The maximum Gasteiger partial charge on any atom is 0.0576 e. The first kappa shape index (κ1) is 14.5. The van der Waals surface area contributed by atoms with E-state index in [0.29, 0.717) is 12.1 Å². The third-order valence-electron chi connectivity index (χ3n) is 3.73. The van der Waals surface area contributed by atoms with Crippen LogP contribution in [0.5, 0.6) is 0 Å². The SMILES string of the molecule is CCCNC(CCCC1CCCO1)c1ccccn1. The molecule has 1 fully saturated rings. The maximum atomic E-state index is 5.69. The molecule has 0 amide bonds. The van der Waals surface area contributed by atoms with E-state index in [2.05, 4.69) is 29.4 Å². The fraction of sp³-hybridized carbons (Fsp3) is 0.688. The van der Waals surface area contributed by atoms with Crippen LogP contribution >= 0.6 is 0 Å². The predicted molar refractivity (Wildman–Crippen MR) is 78.1 cm³/mol. The summed E-state index contributed by atoms with van der Waals surface area (Å²) >= 11 is 0. The summed E-state index contributed by atoms with van der Waals surface area (Å²) in [4.78, 5) is 4.49. The molecule has 1 aliphatic rings. The van der Waals surface area contributed by atoms with Crippen molar-refractivity contribution in [2.75, 3.05) is 13.2 Å². The topological polar surface area (TPSA) is 34.1 Å². The number of pyridine rings is 1. The van der Waals surface area contributed by atoms with Gasteiger partial charge in [-0.05, 0) is 57.2 Å². The fourth-order valence-corrected chi connectivity index (χ4v) is 2.68. The van der Waals surface area contributed by atoms with Crippen molar-refractivity contribution in [3.63, 3.8) is 0 Å². The normalized spacial score (nSPS) is 20.6. The third-order valence-corrected chi connectivity index (χ3v) is 3.73. The van der Waals surface area contributed by atoms with Gasteiger partial charge in [0.25, 0.3) is 0 Å². The monoisotopic (exact) mass is 262 g/mol. The van der Waals surface area contributed by atoms with Crippen LogP contribution in [-0.4, -0.2) is 24.2 Å². The summed E-state index contributed by atoms with van der Waals surface area (Å²) in [6.07, 6.45) is 9.59. The van der Waals surface area contributed by atoms with E-state index in [-0.39, 0.29) is 0 Å². The van der Waals surface area contributed by atoms with Crippen molar-refractivity contribution in [2.45, 2.75) is 57.6 Å². The first-order chi connectivity index (χ1) is 9.40. The number of aromatic nitrogens is 1. The standard InChI is InChI=1S/C16H26N2O/c1-2-11-17-16(15-9-3-4-12-18-15)10-5-7-14-8-6-13-19-14/h3-4,9,12,14,16-17H,2,5-8,10-11,13H2,1H3. The van der Waals surface area contributed by atoms with Crippen LogP contribution in [0.2, 0.25) is 0 Å². The summed E-state index contributed by atoms with van der Waals surface area (Å²) in [6.45, 7) is 4.22. The summed E-state index contributed by atoms with van der Waals surface area (Å²) in [5.74, 6) is 0. The van der Waals surface area contributed by atoms with Crippen LogP contribution in [0.1, 0.15) is 57.2 Å². The number of nitrogens with zero attached hydrogens (tertiary/aromatic N) is 1. The Kier molecular flexibility index (Phi) is 6.31. The molecule has 1 aromatic heterocycles. The molecule has 3 nitrogen and oxygen atoms in total. The van der Waals surface area contributed by atoms with Gasteiger partial charge in [0.1, 0.15) is 0 Å². The number of rotatable bonds is 8. The Morgan fingerprint density at radius 1 is 1.47 bits per heavy atom. The molecule has 2 atom stereocenters. The van der Waals surface area contributed by atoms with Gasteiger partial charge in [0, 0.05) is 18.8 Å². The molecule has 1 saturated heterocycles. The molecule has 0 radical (unpaired) electrons. The van der Waals surface area contributed by atoms with E-state index in [4.69, 9.17) is 4.74 Å². The third kappa shape index (κ3) is 4.92. The molecule has 0 aliphatic carbocycles. The van der Waals surface area contributed by atoms with Gasteiger partial charge in [-0.2, -0.15) is 0 Å². The first-order valence-corrected chi connectivity index (χ1v) is 7.66. The van der Waals surface area contributed by atoms with Crippen molar-refractivity contribution in [3.05, 3.63) is 30.1 Å². The minimum Gasteiger partial charge on any atom is -0.378 e. The van der Waals surface area contributed by atoms with Gasteiger partial charge in [-0.15, -0.1) is 0 Å². The lowest BCUT2D eigenvalue weighted by Crippen LogP contribution is -2.23. The predicted octanol–water partition coefficient (Wildman–Crippen LogP) is 3.47. The second-order valence-electron chi connectivity index (χ2n) is 5.33. The Labute approximate surface area is 116 Å². The van der Waals surface area contributed by atoms with Crippen molar-refractivity contribution in [2.24, 2.45) is 0 Å². The Balaban J connectivity index is 1.79. The molecule has 1 aromatic rings. The number of nitrogens with one attached hydrogen (secondary N) is 1. The molecule has 0 aromatic carbocycles. The summed E-state index contributed by atoms with van der Waals surface area (Å²) in [6, 6.07) is 6.57. The van der Waals surface area contributed by atoms with E-state index < -0.39 is 0 Å². The zero-order valence-electron chi connectivity index (χ0n) is 12.0. The Bertz CT molecular complexity index is 336. The molecule has 19 heavy (non-hydrogen) atoms. The minimum atomic E-state index is 0.391. The molecule has 2 rings (SSSR count). The van der Waals surface area contributed by atoms with E-state index in [9.17, 15) is 0 Å². The van der Waals surface area contributed by atoms with E-state index in [1.54, 1.807) is 0 Å². The lowest BCUT2D eigenvalue weighted by molar-refractivity contribution is 0.101. The highest BCUT2D eigenvalue weighted by Crippen LogP contribution is 2.22. The van der Waals surface area contributed by atoms with Crippen LogP contribution in [-0.2, 0) is 4.74 Å². The zero-order chi connectivity index (χ0) is 13.3. The van der Waals surface area contributed by atoms with Gasteiger partial charge in [0.05, 0.1) is 11.8 Å². The maximum absolute atomic E-state index is 5.69. The first-order valence-electron chi connectivity index (χ1n) is 7.66. The lowest BCUT2D eigenvalue weighted by atomic mass is 10.0. The Hall–Kier alpha value is -0.930. The summed E-state index contributed by atoms with van der Waals surface area (Å²) in [5, 5.41) is 3.61. The molecule has 1 aliphatic heterocycles. The molecule has 0 bridgehead atoms. The summed E-state index contributed by atoms with van der Waals surface area (Å²) in [5.41, 5.74) is 1.17. The molecule has 1 N–H and O–H groups in total. The fourth-order valence-electron chi connectivity index (χ4n) is 2.68. The molecule has 106 valence electrons. The Morgan fingerprint density at radius 3 is 3.11 bits per heavy atom. The van der Waals surface area contributed by atoms with Crippen LogP contribution in [0.25, 0.3) is 0 Å². The van der Waals surface area contributed by atoms with Crippen LogP contribution < -0.4 is 5.32 Å².